The van der Waals surface area contributed by atoms with Crippen LogP contribution in [0.4, 0.5) is 27.8 Å². The Morgan fingerprint density at radius 2 is 1.92 bits per heavy atom. The maximum absolute atomic E-state index is 15.2. The van der Waals surface area contributed by atoms with Gasteiger partial charge >= 0.3 is 6.36 Å². The first-order chi connectivity index (χ1) is 16.8. The van der Waals surface area contributed by atoms with Crippen LogP contribution in [0.3, 0.4) is 0 Å². The lowest BCUT2D eigenvalue weighted by Crippen LogP contribution is -2.70. The Hall–Kier alpha value is -2.54. The fourth-order valence-electron chi connectivity index (χ4n) is 5.72. The second-order valence-corrected chi connectivity index (χ2v) is 10.2. The van der Waals surface area contributed by atoms with Crippen LogP contribution in [-0.4, -0.2) is 84.2 Å². The third-order valence-electron chi connectivity index (χ3n) is 7.52. The van der Waals surface area contributed by atoms with E-state index in [2.05, 4.69) is 9.72 Å². The number of aliphatic hydroxyl groups is 1. The number of aliphatic hydroxyl groups excluding tert-OH is 1. The van der Waals surface area contributed by atoms with Gasteiger partial charge in [-0.2, -0.15) is 0 Å². The van der Waals surface area contributed by atoms with E-state index in [1.54, 1.807) is 11.0 Å². The molecule has 1 spiro atoms. The molecule has 0 radical (unpaired) electrons. The molecule has 1 N–H and O–H groups in total. The Morgan fingerprint density at radius 1 is 1.19 bits per heavy atom. The number of anilines is 1. The normalized spacial score (nSPS) is 29.9. The van der Waals surface area contributed by atoms with Crippen LogP contribution in [0.1, 0.15) is 18.4 Å². The zero-order valence-corrected chi connectivity index (χ0v) is 19.8. The summed E-state index contributed by atoms with van der Waals surface area (Å²) in [5.74, 6) is -0.619. The number of alkyl halides is 4. The molecule has 2 aliphatic heterocycles. The van der Waals surface area contributed by atoms with Gasteiger partial charge in [-0.3, -0.25) is 4.90 Å². The molecule has 3 aliphatic rings. The Morgan fingerprint density at radius 3 is 2.44 bits per heavy atom. The van der Waals surface area contributed by atoms with Gasteiger partial charge in [0.1, 0.15) is 17.4 Å². The van der Waals surface area contributed by atoms with Crippen molar-refractivity contribution in [2.45, 2.75) is 42.3 Å². The van der Waals surface area contributed by atoms with Gasteiger partial charge in [0.05, 0.1) is 19.4 Å². The number of pyridine rings is 1. The summed E-state index contributed by atoms with van der Waals surface area (Å²) >= 11 is 0. The average Bonchev–Trinajstić information content (AvgIpc) is 3.03. The van der Waals surface area contributed by atoms with Gasteiger partial charge in [0.25, 0.3) is 0 Å². The number of halogens is 5. The minimum Gasteiger partial charge on any atom is -0.404 e. The molecule has 1 aromatic carbocycles. The van der Waals surface area contributed by atoms with Gasteiger partial charge in [0.15, 0.2) is 12.0 Å². The number of ether oxygens (including phenoxy) is 2. The topological polar surface area (TPSA) is 61.3 Å². The zero-order valence-electron chi connectivity index (χ0n) is 19.8. The van der Waals surface area contributed by atoms with Gasteiger partial charge in [0, 0.05) is 24.2 Å². The fourth-order valence-corrected chi connectivity index (χ4v) is 5.72. The number of aromatic nitrogens is 1. The summed E-state index contributed by atoms with van der Waals surface area (Å²) in [5, 5.41) is 11.3. The zero-order chi connectivity index (χ0) is 25.9. The van der Waals surface area contributed by atoms with E-state index in [4.69, 9.17) is 4.74 Å². The van der Waals surface area contributed by atoms with Crippen LogP contribution in [0.25, 0.3) is 0 Å². The second kappa shape index (κ2) is 8.51. The first-order valence-corrected chi connectivity index (χ1v) is 11.5. The van der Waals surface area contributed by atoms with Gasteiger partial charge in [-0.25, -0.2) is 18.7 Å². The van der Waals surface area contributed by atoms with E-state index < -0.39 is 35.2 Å². The van der Waals surface area contributed by atoms with Crippen molar-refractivity contribution in [2.24, 2.45) is 0 Å². The summed E-state index contributed by atoms with van der Waals surface area (Å²) in [7, 11) is 3.78. The van der Waals surface area contributed by atoms with Crippen molar-refractivity contribution in [1.82, 2.24) is 14.8 Å². The van der Waals surface area contributed by atoms with E-state index in [0.717, 1.165) is 17.8 Å². The van der Waals surface area contributed by atoms with Crippen LogP contribution in [0.2, 0.25) is 0 Å². The van der Waals surface area contributed by atoms with Crippen LogP contribution >= 0.6 is 0 Å². The molecule has 36 heavy (non-hydrogen) atoms. The fraction of sp³-hybridized carbons (Fsp3) is 0.542. The highest BCUT2D eigenvalue weighted by atomic mass is 19.4. The smallest absolute Gasteiger partial charge is 0.404 e. The lowest BCUT2D eigenvalue weighted by molar-refractivity contribution is -0.274. The Bertz CT molecular complexity index is 1100. The van der Waals surface area contributed by atoms with Crippen LogP contribution in [0, 0.1) is 5.82 Å². The van der Waals surface area contributed by atoms with Crippen molar-refractivity contribution >= 4 is 5.82 Å². The summed E-state index contributed by atoms with van der Waals surface area (Å²) < 4.78 is 75.8. The van der Waals surface area contributed by atoms with E-state index in [9.17, 15) is 22.7 Å². The average molecular weight is 514 g/mol. The number of hydrogen-bond acceptors (Lipinski definition) is 7. The van der Waals surface area contributed by atoms with Crippen molar-refractivity contribution in [3.63, 3.8) is 0 Å². The summed E-state index contributed by atoms with van der Waals surface area (Å²) in [6, 6.07) is 8.79. The summed E-state index contributed by atoms with van der Waals surface area (Å²) in [5.41, 5.74) is -2.09. The largest absolute Gasteiger partial charge is 0.573 e. The third-order valence-corrected chi connectivity index (χ3v) is 7.52. The number of benzene rings is 1. The highest BCUT2D eigenvalue weighted by molar-refractivity contribution is 5.46. The predicted octanol–water partition coefficient (Wildman–Crippen LogP) is 3.25. The number of hydrogen-bond donors (Lipinski definition) is 1. The van der Waals surface area contributed by atoms with Crippen molar-refractivity contribution in [2.75, 3.05) is 45.3 Å². The summed E-state index contributed by atoms with van der Waals surface area (Å²) in [4.78, 5) is 9.27. The maximum Gasteiger partial charge on any atom is 0.573 e. The molecule has 7 nitrogen and oxygen atoms in total. The van der Waals surface area contributed by atoms with Gasteiger partial charge in [-0.1, -0.05) is 12.1 Å². The molecule has 3 fully saturated rings. The lowest BCUT2D eigenvalue weighted by Gasteiger charge is -2.61. The molecule has 1 atom stereocenters. The summed E-state index contributed by atoms with van der Waals surface area (Å²) in [6.07, 6.45) is -4.26. The molecule has 1 aromatic heterocycles. The van der Waals surface area contributed by atoms with Crippen molar-refractivity contribution < 1.29 is 36.5 Å². The molecule has 0 amide bonds. The van der Waals surface area contributed by atoms with Crippen LogP contribution in [0.5, 0.6) is 5.75 Å². The van der Waals surface area contributed by atoms with Gasteiger partial charge in [-0.05, 0) is 56.8 Å². The molecule has 0 bridgehead atoms. The second-order valence-electron chi connectivity index (χ2n) is 10.2. The highest BCUT2D eigenvalue weighted by Crippen LogP contribution is 2.58. The lowest BCUT2D eigenvalue weighted by atomic mass is 9.58. The Balaban J connectivity index is 1.45. The van der Waals surface area contributed by atoms with E-state index in [-0.39, 0.29) is 37.9 Å². The van der Waals surface area contributed by atoms with Gasteiger partial charge < -0.3 is 19.5 Å². The van der Waals surface area contributed by atoms with Gasteiger partial charge in [0.2, 0.25) is 0 Å². The molecule has 2 saturated heterocycles. The third kappa shape index (κ3) is 4.29. The molecule has 5 rings (SSSR count). The van der Waals surface area contributed by atoms with Gasteiger partial charge in [-0.15, -0.1) is 13.2 Å². The van der Waals surface area contributed by atoms with E-state index in [1.165, 1.54) is 23.1 Å². The maximum atomic E-state index is 15.2. The first kappa shape index (κ1) is 25.1. The van der Waals surface area contributed by atoms with Crippen LogP contribution in [-0.2, 0) is 10.3 Å². The molecular formula is C24H27F5N4O3. The molecule has 1 aliphatic carbocycles. The minimum atomic E-state index is -4.85. The van der Waals surface area contributed by atoms with Crippen molar-refractivity contribution in [3.05, 3.63) is 54.0 Å². The van der Waals surface area contributed by atoms with Crippen molar-refractivity contribution in [3.8, 4) is 5.75 Å². The monoisotopic (exact) mass is 514 g/mol. The predicted molar refractivity (Wildman–Crippen MR) is 119 cm³/mol. The molecule has 12 heteroatoms. The Kier molecular flexibility index (Phi) is 5.94. The molecule has 1 saturated carbocycles. The summed E-state index contributed by atoms with van der Waals surface area (Å²) in [6.45, 7) is -0.0113. The number of rotatable bonds is 6. The van der Waals surface area contributed by atoms with Crippen LogP contribution < -0.4 is 9.64 Å². The molecule has 3 heterocycles. The SMILES string of the molecule is CN(C)C1(c2cccc(F)c2)CC2(CN(c3ccc(OC(F)(F)F)cn3)C(O)N2CC2(F)COC2)C1. The van der Waals surface area contributed by atoms with Crippen molar-refractivity contribution in [1.29, 1.82) is 0 Å². The molecular weight excluding hydrogens is 487 g/mol. The van der Waals surface area contributed by atoms with E-state index in [0.29, 0.717) is 12.8 Å². The first-order valence-electron chi connectivity index (χ1n) is 11.5. The van der Waals surface area contributed by atoms with E-state index in [1.807, 2.05) is 25.1 Å². The standard InChI is InChI=1S/C24H27F5N4O3/c1-31(2)23(16-4-3-5-17(25)8-16)10-22(11-23)13-32(20(34)33(22)12-21(26)14-35-15-21)19-7-6-18(9-30-19)36-24(27,28)29/h3-9,20,34H,10-15H2,1-2H3. The molecule has 2 aromatic rings. The molecule has 196 valence electrons. The quantitative estimate of drug-likeness (QED) is 0.594. The van der Waals surface area contributed by atoms with Crippen LogP contribution in [0.15, 0.2) is 42.6 Å². The number of nitrogens with zero attached hydrogens (tertiary/aromatic N) is 4. The highest BCUT2D eigenvalue weighted by Gasteiger charge is 2.66. The minimum absolute atomic E-state index is 0.0866. The molecule has 1 unspecified atom stereocenters. The Labute approximate surface area is 205 Å². The van der Waals surface area contributed by atoms with E-state index >= 15 is 4.39 Å².